The van der Waals surface area contributed by atoms with Crippen molar-refractivity contribution in [3.63, 3.8) is 0 Å². The van der Waals surface area contributed by atoms with E-state index in [0.29, 0.717) is 6.61 Å². The molecular formula is C23H25F5O4. The van der Waals surface area contributed by atoms with Crippen LogP contribution in [-0.2, 0) is 10.2 Å². The fourth-order valence-corrected chi connectivity index (χ4v) is 3.12. The summed E-state index contributed by atoms with van der Waals surface area (Å²) >= 11 is 0. The lowest BCUT2D eigenvalue weighted by molar-refractivity contribution is -0.290. The molecule has 0 aliphatic carbocycles. The van der Waals surface area contributed by atoms with Crippen LogP contribution in [0.4, 0.5) is 22.0 Å². The molecule has 1 aliphatic heterocycles. The minimum Gasteiger partial charge on any atom is -0.491 e. The zero-order valence-electron chi connectivity index (χ0n) is 17.7. The number of aliphatic hydroxyl groups is 1. The summed E-state index contributed by atoms with van der Waals surface area (Å²) in [5, 5.41) is 9.51. The van der Waals surface area contributed by atoms with Gasteiger partial charge in [-0.2, -0.15) is 22.0 Å². The molecule has 1 N–H and O–H groups in total. The van der Waals surface area contributed by atoms with Crippen LogP contribution in [0.3, 0.4) is 0 Å². The van der Waals surface area contributed by atoms with Crippen LogP contribution in [0.2, 0.25) is 0 Å². The Labute approximate surface area is 182 Å². The number of benzene rings is 2. The van der Waals surface area contributed by atoms with Gasteiger partial charge in [-0.3, -0.25) is 0 Å². The average molecular weight is 460 g/mol. The zero-order chi connectivity index (χ0) is 23.6. The highest BCUT2D eigenvalue weighted by molar-refractivity contribution is 5.41. The lowest BCUT2D eigenvalue weighted by Gasteiger charge is -2.26. The minimum absolute atomic E-state index is 0.175. The molecule has 32 heavy (non-hydrogen) atoms. The van der Waals surface area contributed by atoms with Crippen molar-refractivity contribution in [2.75, 3.05) is 19.8 Å². The highest BCUT2D eigenvalue weighted by Gasteiger charge is 2.58. The Morgan fingerprint density at radius 2 is 1.38 bits per heavy atom. The smallest absolute Gasteiger partial charge is 0.453 e. The Morgan fingerprint density at radius 1 is 0.906 bits per heavy atom. The van der Waals surface area contributed by atoms with E-state index in [9.17, 15) is 27.1 Å². The zero-order valence-corrected chi connectivity index (χ0v) is 17.7. The molecule has 1 fully saturated rings. The van der Waals surface area contributed by atoms with Gasteiger partial charge in [0.1, 0.15) is 30.8 Å². The summed E-state index contributed by atoms with van der Waals surface area (Å²) in [5.74, 6) is -3.97. The van der Waals surface area contributed by atoms with Crippen molar-refractivity contribution in [3.05, 3.63) is 59.7 Å². The first-order chi connectivity index (χ1) is 14.9. The van der Waals surface area contributed by atoms with Crippen LogP contribution >= 0.6 is 0 Å². The molecule has 0 spiro atoms. The van der Waals surface area contributed by atoms with Crippen molar-refractivity contribution in [2.45, 2.75) is 50.0 Å². The Balaban J connectivity index is 1.56. The second-order valence-corrected chi connectivity index (χ2v) is 8.31. The lowest BCUT2D eigenvalue weighted by Crippen LogP contribution is -2.40. The van der Waals surface area contributed by atoms with Crippen LogP contribution in [-0.4, -0.2) is 49.2 Å². The standard InChI is InChI=1S/C23H25F5O4/c1-21(2,16-5-9-19(10-6-16)31-13-20-14-32-20)15-3-7-18(8-4-15)30-12-17(29)11-22(24,25)23(26,27)28/h3-10,17,20,29H,11-14H2,1-2H3. The third-order valence-corrected chi connectivity index (χ3v) is 5.34. The summed E-state index contributed by atoms with van der Waals surface area (Å²) < 4.78 is 78.7. The van der Waals surface area contributed by atoms with Gasteiger partial charge in [0.15, 0.2) is 0 Å². The largest absolute Gasteiger partial charge is 0.491 e. The van der Waals surface area contributed by atoms with Gasteiger partial charge in [0.25, 0.3) is 0 Å². The molecule has 0 bridgehead atoms. The van der Waals surface area contributed by atoms with Crippen molar-refractivity contribution in [1.82, 2.24) is 0 Å². The first-order valence-electron chi connectivity index (χ1n) is 10.1. The van der Waals surface area contributed by atoms with Crippen molar-refractivity contribution >= 4 is 0 Å². The maximum absolute atomic E-state index is 13.0. The van der Waals surface area contributed by atoms with Crippen molar-refractivity contribution in [2.24, 2.45) is 0 Å². The van der Waals surface area contributed by atoms with E-state index in [0.717, 1.165) is 23.5 Å². The third-order valence-electron chi connectivity index (χ3n) is 5.34. The molecule has 4 nitrogen and oxygen atoms in total. The monoisotopic (exact) mass is 460 g/mol. The number of hydrogen-bond acceptors (Lipinski definition) is 4. The molecule has 1 aliphatic rings. The van der Waals surface area contributed by atoms with Gasteiger partial charge in [0.05, 0.1) is 19.1 Å². The van der Waals surface area contributed by atoms with Gasteiger partial charge in [-0.25, -0.2) is 0 Å². The van der Waals surface area contributed by atoms with Crippen molar-refractivity contribution in [1.29, 1.82) is 0 Å². The maximum atomic E-state index is 13.0. The molecule has 0 aromatic heterocycles. The molecule has 3 rings (SSSR count). The summed E-state index contributed by atoms with van der Waals surface area (Å²) in [6, 6.07) is 14.4. The predicted molar refractivity (Wildman–Crippen MR) is 107 cm³/mol. The van der Waals surface area contributed by atoms with Crippen LogP contribution in [0.25, 0.3) is 0 Å². The van der Waals surface area contributed by atoms with Gasteiger partial charge in [0, 0.05) is 5.41 Å². The molecule has 2 aromatic carbocycles. The SMILES string of the molecule is CC(C)(c1ccc(OCC(O)CC(F)(F)C(F)(F)F)cc1)c1ccc(OCC2CO2)cc1. The van der Waals surface area contributed by atoms with E-state index in [1.807, 2.05) is 38.1 Å². The average Bonchev–Trinajstić information content (AvgIpc) is 3.55. The third kappa shape index (κ3) is 6.10. The first-order valence-corrected chi connectivity index (χ1v) is 10.1. The topological polar surface area (TPSA) is 51.2 Å². The molecule has 9 heteroatoms. The van der Waals surface area contributed by atoms with Crippen LogP contribution in [0.5, 0.6) is 11.5 Å². The van der Waals surface area contributed by atoms with Gasteiger partial charge in [-0.05, 0) is 35.4 Å². The number of ether oxygens (including phenoxy) is 3. The Bertz CT molecular complexity index is 875. The van der Waals surface area contributed by atoms with Crippen LogP contribution in [0.1, 0.15) is 31.4 Å². The van der Waals surface area contributed by atoms with E-state index in [1.165, 1.54) is 0 Å². The maximum Gasteiger partial charge on any atom is 0.453 e. The highest BCUT2D eigenvalue weighted by Crippen LogP contribution is 2.39. The van der Waals surface area contributed by atoms with Gasteiger partial charge >= 0.3 is 12.1 Å². The molecule has 2 unspecified atom stereocenters. The van der Waals surface area contributed by atoms with E-state index < -0.39 is 31.2 Å². The number of aliphatic hydroxyl groups excluding tert-OH is 1. The predicted octanol–water partition coefficient (Wildman–Crippen LogP) is 5.12. The molecule has 1 heterocycles. The van der Waals surface area contributed by atoms with Gasteiger partial charge in [-0.1, -0.05) is 38.1 Å². The van der Waals surface area contributed by atoms with E-state index in [1.54, 1.807) is 24.3 Å². The van der Waals surface area contributed by atoms with E-state index in [2.05, 4.69) is 0 Å². The fraction of sp³-hybridized carbons (Fsp3) is 0.478. The van der Waals surface area contributed by atoms with Gasteiger partial charge in [0.2, 0.25) is 0 Å². The molecule has 0 amide bonds. The molecular weight excluding hydrogens is 435 g/mol. The van der Waals surface area contributed by atoms with Gasteiger partial charge < -0.3 is 19.3 Å². The Morgan fingerprint density at radius 3 is 1.81 bits per heavy atom. The molecule has 2 atom stereocenters. The van der Waals surface area contributed by atoms with Gasteiger partial charge in [-0.15, -0.1) is 0 Å². The van der Waals surface area contributed by atoms with E-state index >= 15 is 0 Å². The number of alkyl halides is 5. The lowest BCUT2D eigenvalue weighted by atomic mass is 9.78. The molecule has 1 saturated heterocycles. The second kappa shape index (κ2) is 9.23. The van der Waals surface area contributed by atoms with Crippen LogP contribution in [0, 0.1) is 0 Å². The molecule has 2 aromatic rings. The highest BCUT2D eigenvalue weighted by atomic mass is 19.4. The number of epoxide rings is 1. The molecule has 176 valence electrons. The molecule has 0 saturated carbocycles. The summed E-state index contributed by atoms with van der Waals surface area (Å²) in [6.07, 6.45) is -9.25. The number of halogens is 5. The summed E-state index contributed by atoms with van der Waals surface area (Å²) in [6.45, 7) is 4.62. The number of rotatable bonds is 10. The summed E-state index contributed by atoms with van der Waals surface area (Å²) in [4.78, 5) is 0. The van der Waals surface area contributed by atoms with Crippen LogP contribution in [0.15, 0.2) is 48.5 Å². The van der Waals surface area contributed by atoms with Crippen LogP contribution < -0.4 is 9.47 Å². The molecule has 0 radical (unpaired) electrons. The Hall–Kier alpha value is -2.39. The quantitative estimate of drug-likeness (QED) is 0.395. The fourth-order valence-electron chi connectivity index (χ4n) is 3.12. The van der Waals surface area contributed by atoms with E-state index in [-0.39, 0.29) is 17.3 Å². The normalized spacial score (nSPS) is 17.7. The van der Waals surface area contributed by atoms with Crippen molar-refractivity contribution < 1.29 is 41.3 Å². The van der Waals surface area contributed by atoms with E-state index in [4.69, 9.17) is 14.2 Å². The second-order valence-electron chi connectivity index (χ2n) is 8.31. The minimum atomic E-state index is -5.71. The summed E-state index contributed by atoms with van der Waals surface area (Å²) in [7, 11) is 0. The Kier molecular flexibility index (Phi) is 7.00. The first kappa shape index (κ1) is 24.3. The summed E-state index contributed by atoms with van der Waals surface area (Å²) in [5.41, 5.74) is 1.60. The van der Waals surface area contributed by atoms with Crippen molar-refractivity contribution in [3.8, 4) is 11.5 Å². The number of hydrogen-bond donors (Lipinski definition) is 1.